The zero-order valence-corrected chi connectivity index (χ0v) is 32.3. The summed E-state index contributed by atoms with van der Waals surface area (Å²) in [6.45, 7) is 4.49. The van der Waals surface area contributed by atoms with E-state index in [1.807, 2.05) is 4.72 Å². The van der Waals surface area contributed by atoms with Crippen LogP contribution in [0.3, 0.4) is 0 Å². The monoisotopic (exact) mass is 862 g/mol. The van der Waals surface area contributed by atoms with Crippen molar-refractivity contribution < 1.29 is 64.6 Å². The number of halogens is 5. The van der Waals surface area contributed by atoms with Crippen molar-refractivity contribution in [3.05, 3.63) is 92.8 Å². The number of carbonyl (C=O) groups excluding carboxylic acids is 3. The van der Waals surface area contributed by atoms with Gasteiger partial charge in [0.25, 0.3) is 15.7 Å². The number of aryl methyl sites for hydroxylation is 1. The van der Waals surface area contributed by atoms with E-state index in [2.05, 4.69) is 20.3 Å². The van der Waals surface area contributed by atoms with E-state index >= 15 is 0 Å². The molecular formula is C33H31Cl2F3N6O12S. The summed E-state index contributed by atoms with van der Waals surface area (Å²) < 4.78 is 90.1. The van der Waals surface area contributed by atoms with Gasteiger partial charge in [-0.05, 0) is 57.2 Å². The van der Waals surface area contributed by atoms with Gasteiger partial charge in [-0.3, -0.25) is 15.4 Å². The number of sulfonamides is 1. The number of rotatable bonds is 14. The summed E-state index contributed by atoms with van der Waals surface area (Å²) in [6, 6.07) is 10.2. The van der Waals surface area contributed by atoms with Gasteiger partial charge in [0.1, 0.15) is 40.1 Å². The fourth-order valence-corrected chi connectivity index (χ4v) is 5.52. The Balaban J connectivity index is 0.000000310. The molecular weight excluding hydrogens is 832 g/mol. The molecule has 0 fully saturated rings. The quantitative estimate of drug-likeness (QED) is 0.0597. The highest BCUT2D eigenvalue weighted by Gasteiger charge is 2.32. The molecule has 2 amide bonds. The zero-order valence-electron chi connectivity index (χ0n) is 30.0. The van der Waals surface area contributed by atoms with Crippen molar-refractivity contribution in [1.82, 2.24) is 19.7 Å². The molecule has 0 aliphatic rings. The number of amides is 2. The zero-order chi connectivity index (χ0) is 42.5. The van der Waals surface area contributed by atoms with Crippen LogP contribution in [0.4, 0.5) is 29.6 Å². The summed E-state index contributed by atoms with van der Waals surface area (Å²) in [5.41, 5.74) is -2.17. The molecule has 0 radical (unpaired) electrons. The number of urea groups is 1. The number of nitro groups is 1. The number of hydrogen-bond donors (Lipinski definition) is 2. The molecule has 1 aromatic heterocycles. The number of aromatic nitrogens is 3. The van der Waals surface area contributed by atoms with Crippen LogP contribution < -0.4 is 24.2 Å². The van der Waals surface area contributed by atoms with Crippen molar-refractivity contribution in [2.24, 2.45) is 0 Å². The van der Waals surface area contributed by atoms with Crippen LogP contribution in [0.1, 0.15) is 35.6 Å². The maximum absolute atomic E-state index is 12.8. The van der Waals surface area contributed by atoms with Crippen molar-refractivity contribution in [3.8, 4) is 23.3 Å². The van der Waals surface area contributed by atoms with Gasteiger partial charge in [-0.2, -0.15) is 28.1 Å². The summed E-state index contributed by atoms with van der Waals surface area (Å²) in [5.74, 6) is -1.97. The van der Waals surface area contributed by atoms with Gasteiger partial charge in [0.05, 0.1) is 35.1 Å². The van der Waals surface area contributed by atoms with E-state index in [1.54, 1.807) is 19.9 Å². The van der Waals surface area contributed by atoms with Gasteiger partial charge >= 0.3 is 30.2 Å². The summed E-state index contributed by atoms with van der Waals surface area (Å²) >= 11 is 11.4. The molecule has 18 nitrogen and oxygen atoms in total. The van der Waals surface area contributed by atoms with Crippen molar-refractivity contribution in [1.29, 1.82) is 0 Å². The molecule has 0 aliphatic heterocycles. The molecule has 1 heterocycles. The lowest BCUT2D eigenvalue weighted by Crippen LogP contribution is -2.35. The van der Waals surface area contributed by atoms with Crippen molar-refractivity contribution in [3.63, 3.8) is 0 Å². The van der Waals surface area contributed by atoms with Gasteiger partial charge in [-0.15, -0.1) is 11.6 Å². The number of benzene rings is 3. The number of hydrogen-bond acceptors (Lipinski definition) is 15. The smallest absolute Gasteiger partial charge is 0.416 e. The van der Waals surface area contributed by atoms with Crippen LogP contribution in [0.25, 0.3) is 0 Å². The van der Waals surface area contributed by atoms with Gasteiger partial charge in [0.2, 0.25) is 5.95 Å². The minimum absolute atomic E-state index is 0.0181. The standard InChI is InChI=1S/C19H15ClF3NO7.C14H16ClN5O5S/c1-3-29-17(25)10(2)30-18(26)13-9-12(5-6-15(13)24(27)28)31-16-7-4-11(8-14(16)20)19(21,22)23;1-9-16-12(19-14(17-9)24-2)18-13(21)20-26(22,23)11-6-4-3-5-10(11)25-8-7-15/h4-10H,3H2,1-2H3;3-6H,7-8H2,1-2H3,(H2,16,17,18,19,20,21). The number of anilines is 1. The highest BCUT2D eigenvalue weighted by Crippen LogP contribution is 2.37. The van der Waals surface area contributed by atoms with Crippen LogP contribution in [0, 0.1) is 17.0 Å². The Kier molecular flexibility index (Phi) is 16.1. The lowest BCUT2D eigenvalue weighted by atomic mass is 10.1. The number of esters is 2. The van der Waals surface area contributed by atoms with Gasteiger partial charge in [0, 0.05) is 12.1 Å². The van der Waals surface area contributed by atoms with Crippen LogP contribution in [0.5, 0.6) is 23.3 Å². The number of nitrogens with zero attached hydrogens (tertiary/aromatic N) is 4. The number of nitro benzene ring substituents is 1. The minimum atomic E-state index is -4.61. The molecule has 1 atom stereocenters. The average Bonchev–Trinajstić information content (AvgIpc) is 3.14. The highest BCUT2D eigenvalue weighted by atomic mass is 35.5. The van der Waals surface area contributed by atoms with E-state index in [-0.39, 0.29) is 64.0 Å². The van der Waals surface area contributed by atoms with Crippen LogP contribution in [0.15, 0.2) is 65.6 Å². The summed E-state index contributed by atoms with van der Waals surface area (Å²) in [6.07, 6.45) is -5.94. The van der Waals surface area contributed by atoms with Gasteiger partial charge < -0.3 is 23.7 Å². The molecule has 0 spiro atoms. The van der Waals surface area contributed by atoms with Crippen LogP contribution in [-0.2, 0) is 30.5 Å². The topological polar surface area (TPSA) is 237 Å². The van der Waals surface area contributed by atoms with E-state index < -0.39 is 62.0 Å². The predicted molar refractivity (Wildman–Crippen MR) is 194 cm³/mol. The third kappa shape index (κ3) is 13.3. The van der Waals surface area contributed by atoms with Crippen LogP contribution >= 0.6 is 23.2 Å². The molecule has 0 saturated carbocycles. The lowest BCUT2D eigenvalue weighted by Gasteiger charge is -2.13. The Morgan fingerprint density at radius 1 is 1.02 bits per heavy atom. The molecule has 4 aromatic rings. The first-order valence-electron chi connectivity index (χ1n) is 15.9. The Bertz CT molecular complexity index is 2220. The van der Waals surface area contributed by atoms with Crippen LogP contribution in [-0.4, -0.2) is 78.6 Å². The van der Waals surface area contributed by atoms with Crippen molar-refractivity contribution in [2.75, 3.05) is 31.5 Å². The van der Waals surface area contributed by atoms with Crippen molar-refractivity contribution in [2.45, 2.75) is 37.9 Å². The SMILES string of the molecule is CCOC(=O)C(C)OC(=O)c1cc(Oc2ccc(C(F)(F)F)cc2Cl)ccc1[N+](=O)[O-].COc1nc(C)nc(NC(=O)NS(=O)(=O)c2ccccc2OCCCl)n1. The normalized spacial score (nSPS) is 11.5. The highest BCUT2D eigenvalue weighted by molar-refractivity contribution is 7.90. The Labute approximate surface area is 331 Å². The first-order valence-corrected chi connectivity index (χ1v) is 18.3. The second-order valence-corrected chi connectivity index (χ2v) is 13.2. The molecule has 0 bridgehead atoms. The van der Waals surface area contributed by atoms with E-state index in [0.717, 1.165) is 30.3 Å². The number of ether oxygens (including phenoxy) is 5. The number of alkyl halides is 4. The summed E-state index contributed by atoms with van der Waals surface area (Å²) in [4.78, 5) is 57.8. The lowest BCUT2D eigenvalue weighted by molar-refractivity contribution is -0.385. The van der Waals surface area contributed by atoms with Gasteiger partial charge in [-0.25, -0.2) is 27.5 Å². The fraction of sp³-hybridized carbons (Fsp3) is 0.273. The van der Waals surface area contributed by atoms with Gasteiger partial charge in [-0.1, -0.05) is 23.7 Å². The molecule has 1 unspecified atom stereocenters. The largest absolute Gasteiger partial charge is 0.491 e. The molecule has 0 aliphatic carbocycles. The fourth-order valence-electron chi connectivity index (χ4n) is 4.17. The molecule has 24 heteroatoms. The molecule has 3 aromatic carbocycles. The first-order chi connectivity index (χ1) is 26.8. The predicted octanol–water partition coefficient (Wildman–Crippen LogP) is 6.48. The third-order valence-corrected chi connectivity index (χ3v) is 8.43. The second kappa shape index (κ2) is 20.2. The molecule has 306 valence electrons. The molecule has 0 saturated heterocycles. The van der Waals surface area contributed by atoms with Crippen LogP contribution in [0.2, 0.25) is 5.02 Å². The minimum Gasteiger partial charge on any atom is -0.491 e. The molecule has 2 N–H and O–H groups in total. The number of carbonyl (C=O) groups is 3. The van der Waals surface area contributed by atoms with E-state index in [9.17, 15) is 46.1 Å². The Hall–Kier alpha value is -6.00. The van der Waals surface area contributed by atoms with Crippen molar-refractivity contribution >= 4 is 62.8 Å². The Morgan fingerprint density at radius 3 is 2.33 bits per heavy atom. The molecule has 4 rings (SSSR count). The number of methoxy groups -OCH3 is 1. The molecule has 57 heavy (non-hydrogen) atoms. The summed E-state index contributed by atoms with van der Waals surface area (Å²) in [7, 11) is -2.85. The number of para-hydroxylation sites is 1. The third-order valence-electron chi connectivity index (χ3n) is 6.61. The first kappa shape index (κ1) is 45.4. The number of nitrogens with one attached hydrogen (secondary N) is 2. The Morgan fingerprint density at radius 2 is 1.72 bits per heavy atom. The van der Waals surface area contributed by atoms with E-state index in [1.165, 1.54) is 32.2 Å². The van der Waals surface area contributed by atoms with Gasteiger partial charge in [0.15, 0.2) is 6.10 Å². The van der Waals surface area contributed by atoms with E-state index in [4.69, 9.17) is 46.9 Å². The average molecular weight is 864 g/mol. The maximum atomic E-state index is 12.8. The second-order valence-electron chi connectivity index (χ2n) is 10.7. The van der Waals surface area contributed by atoms with E-state index in [0.29, 0.717) is 6.07 Å². The maximum Gasteiger partial charge on any atom is 0.416 e. The summed E-state index contributed by atoms with van der Waals surface area (Å²) in [5, 5.41) is 13.1.